The summed E-state index contributed by atoms with van der Waals surface area (Å²) in [5.74, 6) is 0.258. The zero-order chi connectivity index (χ0) is 8.43. The Morgan fingerprint density at radius 3 is 2.64 bits per heavy atom. The third kappa shape index (κ3) is 1.62. The van der Waals surface area contributed by atoms with E-state index in [2.05, 4.69) is 0 Å². The average molecular weight is 158 g/mol. The highest BCUT2D eigenvalue weighted by molar-refractivity contribution is 5.05. The number of aliphatic hydroxyl groups is 1. The van der Waals surface area contributed by atoms with Crippen molar-refractivity contribution in [3.05, 3.63) is 12.2 Å². The van der Waals surface area contributed by atoms with Crippen molar-refractivity contribution < 1.29 is 9.50 Å². The molecule has 1 N–H and O–H groups in total. The summed E-state index contributed by atoms with van der Waals surface area (Å²) in [7, 11) is 0. The van der Waals surface area contributed by atoms with Crippen LogP contribution < -0.4 is 0 Å². The second-order valence-electron chi connectivity index (χ2n) is 3.25. The lowest BCUT2D eigenvalue weighted by Crippen LogP contribution is -2.34. The molecule has 0 amide bonds. The van der Waals surface area contributed by atoms with Crippen LogP contribution in [0, 0.1) is 11.8 Å². The van der Waals surface area contributed by atoms with Gasteiger partial charge in [-0.05, 0) is 18.3 Å². The predicted molar refractivity (Wildman–Crippen MR) is 43.0 cm³/mol. The minimum absolute atomic E-state index is 0.0417. The van der Waals surface area contributed by atoms with Crippen molar-refractivity contribution >= 4 is 0 Å². The molecule has 2 heteroatoms. The van der Waals surface area contributed by atoms with Gasteiger partial charge in [0.25, 0.3) is 0 Å². The first-order chi connectivity index (χ1) is 5.16. The Labute approximate surface area is 66.9 Å². The first kappa shape index (κ1) is 8.72. The van der Waals surface area contributed by atoms with Gasteiger partial charge in [-0.1, -0.05) is 26.0 Å². The molecule has 11 heavy (non-hydrogen) atoms. The normalized spacial score (nSPS) is 44.4. The number of hydrogen-bond acceptors (Lipinski definition) is 1. The van der Waals surface area contributed by atoms with Crippen molar-refractivity contribution in [2.75, 3.05) is 0 Å². The highest BCUT2D eigenvalue weighted by Gasteiger charge is 2.31. The van der Waals surface area contributed by atoms with Gasteiger partial charge in [-0.15, -0.1) is 0 Å². The standard InChI is InChI=1S/C9H15FO/c1-3-7-4-5-8(11)9(10)6(7)2/h4-9,11H,3H2,1-2H3/t6-,7+,8+,9-/m1/s1. The van der Waals surface area contributed by atoms with Gasteiger partial charge >= 0.3 is 0 Å². The van der Waals surface area contributed by atoms with Crippen LogP contribution >= 0.6 is 0 Å². The van der Waals surface area contributed by atoms with Crippen LogP contribution in [0.2, 0.25) is 0 Å². The van der Waals surface area contributed by atoms with Gasteiger partial charge in [0.05, 0.1) is 0 Å². The van der Waals surface area contributed by atoms with Gasteiger partial charge in [0, 0.05) is 0 Å². The topological polar surface area (TPSA) is 20.2 Å². The molecule has 0 saturated heterocycles. The van der Waals surface area contributed by atoms with E-state index in [4.69, 9.17) is 5.11 Å². The van der Waals surface area contributed by atoms with Gasteiger partial charge in [0.1, 0.15) is 12.3 Å². The van der Waals surface area contributed by atoms with Gasteiger partial charge in [-0.2, -0.15) is 0 Å². The molecule has 0 bridgehead atoms. The van der Waals surface area contributed by atoms with Gasteiger partial charge < -0.3 is 5.11 Å². The van der Waals surface area contributed by atoms with E-state index in [0.717, 1.165) is 6.42 Å². The quantitative estimate of drug-likeness (QED) is 0.578. The van der Waals surface area contributed by atoms with E-state index in [-0.39, 0.29) is 5.92 Å². The number of alkyl halides is 1. The van der Waals surface area contributed by atoms with E-state index >= 15 is 0 Å². The van der Waals surface area contributed by atoms with Crippen LogP contribution in [0.15, 0.2) is 12.2 Å². The maximum atomic E-state index is 13.1. The summed E-state index contributed by atoms with van der Waals surface area (Å²) in [5, 5.41) is 9.10. The summed E-state index contributed by atoms with van der Waals surface area (Å²) >= 11 is 0. The number of hydrogen-bond donors (Lipinski definition) is 1. The lowest BCUT2D eigenvalue weighted by Gasteiger charge is -2.29. The van der Waals surface area contributed by atoms with Crippen LogP contribution in [0.4, 0.5) is 4.39 Å². The minimum Gasteiger partial charge on any atom is -0.386 e. The summed E-state index contributed by atoms with van der Waals surface area (Å²) < 4.78 is 13.1. The van der Waals surface area contributed by atoms with Gasteiger partial charge in [0.2, 0.25) is 0 Å². The van der Waals surface area contributed by atoms with E-state index in [1.807, 2.05) is 19.9 Å². The first-order valence-corrected chi connectivity index (χ1v) is 4.17. The number of rotatable bonds is 1. The fourth-order valence-electron chi connectivity index (χ4n) is 1.59. The molecule has 1 aliphatic rings. The molecule has 0 aromatic heterocycles. The fraction of sp³-hybridized carbons (Fsp3) is 0.778. The Kier molecular flexibility index (Phi) is 2.66. The Morgan fingerprint density at radius 1 is 1.45 bits per heavy atom. The summed E-state index contributed by atoms with van der Waals surface area (Å²) in [5.41, 5.74) is 0. The first-order valence-electron chi connectivity index (χ1n) is 4.17. The molecule has 0 radical (unpaired) electrons. The zero-order valence-corrected chi connectivity index (χ0v) is 7.00. The van der Waals surface area contributed by atoms with Crippen molar-refractivity contribution in [1.29, 1.82) is 0 Å². The molecule has 1 nitrogen and oxygen atoms in total. The molecule has 0 aliphatic heterocycles. The van der Waals surface area contributed by atoms with Crippen LogP contribution in [-0.2, 0) is 0 Å². The molecule has 4 atom stereocenters. The molecule has 64 valence electrons. The van der Waals surface area contributed by atoms with Crippen molar-refractivity contribution in [1.82, 2.24) is 0 Å². The number of halogens is 1. The maximum absolute atomic E-state index is 13.1. The van der Waals surface area contributed by atoms with Gasteiger partial charge in [-0.25, -0.2) is 4.39 Å². The summed E-state index contributed by atoms with van der Waals surface area (Å²) in [6.45, 7) is 3.89. The maximum Gasteiger partial charge on any atom is 0.133 e. The van der Waals surface area contributed by atoms with Gasteiger partial charge in [0.15, 0.2) is 0 Å². The highest BCUT2D eigenvalue weighted by Crippen LogP contribution is 2.29. The van der Waals surface area contributed by atoms with Crippen LogP contribution in [0.25, 0.3) is 0 Å². The molecular weight excluding hydrogens is 143 g/mol. The molecule has 0 heterocycles. The third-order valence-electron chi connectivity index (χ3n) is 2.53. The third-order valence-corrected chi connectivity index (χ3v) is 2.53. The van der Waals surface area contributed by atoms with E-state index in [0.29, 0.717) is 5.92 Å². The summed E-state index contributed by atoms with van der Waals surface area (Å²) in [4.78, 5) is 0. The minimum atomic E-state index is -1.08. The largest absolute Gasteiger partial charge is 0.386 e. The summed E-state index contributed by atoms with van der Waals surface area (Å²) in [6, 6.07) is 0. The molecule has 1 aliphatic carbocycles. The van der Waals surface area contributed by atoms with E-state index < -0.39 is 12.3 Å². The second-order valence-corrected chi connectivity index (χ2v) is 3.25. The molecule has 0 spiro atoms. The molecule has 1 rings (SSSR count). The zero-order valence-electron chi connectivity index (χ0n) is 7.00. The van der Waals surface area contributed by atoms with E-state index in [9.17, 15) is 4.39 Å². The lowest BCUT2D eigenvalue weighted by molar-refractivity contribution is 0.0540. The van der Waals surface area contributed by atoms with Gasteiger partial charge in [-0.3, -0.25) is 0 Å². The Bertz CT molecular complexity index is 156. The van der Waals surface area contributed by atoms with E-state index in [1.54, 1.807) is 6.08 Å². The van der Waals surface area contributed by atoms with Crippen LogP contribution in [0.1, 0.15) is 20.3 Å². The molecule has 0 unspecified atom stereocenters. The molecule has 0 aromatic rings. The monoisotopic (exact) mass is 158 g/mol. The van der Waals surface area contributed by atoms with Crippen LogP contribution in [0.3, 0.4) is 0 Å². The van der Waals surface area contributed by atoms with Crippen LogP contribution in [-0.4, -0.2) is 17.4 Å². The molecular formula is C9H15FO. The van der Waals surface area contributed by atoms with Crippen LogP contribution in [0.5, 0.6) is 0 Å². The highest BCUT2D eigenvalue weighted by atomic mass is 19.1. The molecule has 0 aromatic carbocycles. The van der Waals surface area contributed by atoms with Crippen molar-refractivity contribution in [2.24, 2.45) is 11.8 Å². The Hall–Kier alpha value is -0.370. The van der Waals surface area contributed by atoms with Crippen molar-refractivity contribution in [2.45, 2.75) is 32.5 Å². The summed E-state index contributed by atoms with van der Waals surface area (Å²) in [6.07, 6.45) is 2.48. The number of allylic oxidation sites excluding steroid dienone is 1. The SMILES string of the molecule is CC[C@H]1C=C[C@H](O)[C@H](F)[C@@H]1C. The fourth-order valence-corrected chi connectivity index (χ4v) is 1.59. The smallest absolute Gasteiger partial charge is 0.133 e. The number of aliphatic hydroxyl groups excluding tert-OH is 1. The van der Waals surface area contributed by atoms with Crippen molar-refractivity contribution in [3.8, 4) is 0 Å². The Morgan fingerprint density at radius 2 is 2.09 bits per heavy atom. The average Bonchev–Trinajstić information content (AvgIpc) is 2.01. The van der Waals surface area contributed by atoms with Crippen molar-refractivity contribution in [3.63, 3.8) is 0 Å². The molecule has 0 saturated carbocycles. The second kappa shape index (κ2) is 3.35. The molecule has 0 fully saturated rings. The predicted octanol–water partition coefficient (Wildman–Crippen LogP) is 1.92. The van der Waals surface area contributed by atoms with E-state index in [1.165, 1.54) is 0 Å². The lowest BCUT2D eigenvalue weighted by atomic mass is 9.81. The Balaban J connectivity index is 2.68.